The molecule has 1 aromatic heterocycles. The summed E-state index contributed by atoms with van der Waals surface area (Å²) in [6.07, 6.45) is 0. The first kappa shape index (κ1) is 15.1. The van der Waals surface area contributed by atoms with Crippen molar-refractivity contribution in [2.45, 2.75) is 0 Å². The molecule has 0 fully saturated rings. The number of para-hydroxylation sites is 1. The summed E-state index contributed by atoms with van der Waals surface area (Å²) in [6, 6.07) is 15.5. The summed E-state index contributed by atoms with van der Waals surface area (Å²) in [5.74, 6) is 0.363. The Morgan fingerprint density at radius 1 is 1.13 bits per heavy atom. The normalized spacial score (nSPS) is 10.5. The fourth-order valence-corrected chi connectivity index (χ4v) is 2.62. The molecule has 5 nitrogen and oxygen atoms in total. The Morgan fingerprint density at radius 2 is 1.87 bits per heavy atom. The van der Waals surface area contributed by atoms with Crippen LogP contribution in [0.4, 0.5) is 0 Å². The van der Waals surface area contributed by atoms with E-state index in [4.69, 9.17) is 17.0 Å². The van der Waals surface area contributed by atoms with Crippen LogP contribution in [0.3, 0.4) is 0 Å². The number of aromatic amines is 1. The lowest BCUT2D eigenvalue weighted by Gasteiger charge is -2.10. The summed E-state index contributed by atoms with van der Waals surface area (Å²) in [6.45, 7) is 0. The second-order valence-electron chi connectivity index (χ2n) is 4.88. The fourth-order valence-electron chi connectivity index (χ4n) is 2.32. The molecule has 6 heteroatoms. The van der Waals surface area contributed by atoms with Gasteiger partial charge in [-0.15, -0.1) is 0 Å². The van der Waals surface area contributed by atoms with Crippen molar-refractivity contribution in [3.8, 4) is 28.4 Å². The summed E-state index contributed by atoms with van der Waals surface area (Å²) >= 11 is 5.32. The third-order valence-corrected chi connectivity index (χ3v) is 3.72. The maximum Gasteiger partial charge on any atom is 0.259 e. The molecule has 0 saturated carbocycles. The molecule has 0 unspecified atom stereocenters. The molecule has 3 aromatic rings. The maximum atomic E-state index is 12.5. The molecule has 0 amide bonds. The Morgan fingerprint density at radius 3 is 2.52 bits per heavy atom. The van der Waals surface area contributed by atoms with Gasteiger partial charge in [0, 0.05) is 11.6 Å². The minimum absolute atomic E-state index is 0.0347. The highest BCUT2D eigenvalue weighted by Crippen LogP contribution is 2.30. The molecule has 0 radical (unpaired) electrons. The Bertz CT molecular complexity index is 930. The summed E-state index contributed by atoms with van der Waals surface area (Å²) in [7, 11) is 1.47. The summed E-state index contributed by atoms with van der Waals surface area (Å²) in [4.78, 5) is 15.5. The van der Waals surface area contributed by atoms with E-state index < -0.39 is 0 Å². The highest BCUT2D eigenvalue weighted by atomic mass is 32.1. The van der Waals surface area contributed by atoms with E-state index in [0.717, 1.165) is 0 Å². The Hall–Kier alpha value is -2.86. The molecular formula is C17H14N2O3S. The molecule has 2 N–H and O–H groups in total. The van der Waals surface area contributed by atoms with Gasteiger partial charge in [-0.25, -0.2) is 0 Å². The topological polar surface area (TPSA) is 67.2 Å². The van der Waals surface area contributed by atoms with E-state index in [1.807, 2.05) is 30.3 Å². The lowest BCUT2D eigenvalue weighted by atomic mass is 10.1. The van der Waals surface area contributed by atoms with E-state index in [-0.39, 0.29) is 11.3 Å². The highest BCUT2D eigenvalue weighted by molar-refractivity contribution is 7.71. The smallest absolute Gasteiger partial charge is 0.259 e. The quantitative estimate of drug-likeness (QED) is 0.725. The van der Waals surface area contributed by atoms with Gasteiger partial charge in [0.2, 0.25) is 0 Å². The van der Waals surface area contributed by atoms with Crippen molar-refractivity contribution in [3.05, 3.63) is 69.7 Å². The molecule has 23 heavy (non-hydrogen) atoms. The number of aromatic hydroxyl groups is 1. The van der Waals surface area contributed by atoms with E-state index >= 15 is 0 Å². The highest BCUT2D eigenvalue weighted by Gasteiger charge is 2.08. The number of methoxy groups -OCH3 is 1. The first-order valence-corrected chi connectivity index (χ1v) is 7.30. The molecule has 0 aliphatic heterocycles. The maximum absolute atomic E-state index is 12.5. The van der Waals surface area contributed by atoms with Crippen molar-refractivity contribution >= 4 is 12.2 Å². The van der Waals surface area contributed by atoms with Crippen molar-refractivity contribution in [1.82, 2.24) is 9.55 Å². The Labute approximate surface area is 137 Å². The zero-order valence-corrected chi connectivity index (χ0v) is 13.1. The molecule has 0 spiro atoms. The lowest BCUT2D eigenvalue weighted by Crippen LogP contribution is -2.19. The minimum Gasteiger partial charge on any atom is -0.504 e. The number of aromatic nitrogens is 2. The first-order chi connectivity index (χ1) is 11.1. The number of ether oxygens (including phenoxy) is 1. The predicted octanol–water partition coefficient (Wildman–Crippen LogP) is 3.28. The molecule has 0 bridgehead atoms. The number of rotatable bonds is 3. The van der Waals surface area contributed by atoms with E-state index in [1.54, 1.807) is 12.1 Å². The summed E-state index contributed by atoms with van der Waals surface area (Å²) in [5, 5.41) is 9.66. The molecule has 3 rings (SSSR count). The van der Waals surface area contributed by atoms with Crippen molar-refractivity contribution in [3.63, 3.8) is 0 Å². The zero-order chi connectivity index (χ0) is 16.4. The average molecular weight is 326 g/mol. The van der Waals surface area contributed by atoms with Crippen molar-refractivity contribution in [2.75, 3.05) is 7.11 Å². The van der Waals surface area contributed by atoms with Crippen LogP contribution in [-0.4, -0.2) is 21.8 Å². The van der Waals surface area contributed by atoms with Crippen molar-refractivity contribution in [2.24, 2.45) is 0 Å². The van der Waals surface area contributed by atoms with Gasteiger partial charge in [0.1, 0.15) is 0 Å². The van der Waals surface area contributed by atoms with E-state index in [2.05, 4.69) is 4.98 Å². The van der Waals surface area contributed by atoms with Crippen molar-refractivity contribution in [1.29, 1.82) is 0 Å². The molecule has 0 atom stereocenters. The van der Waals surface area contributed by atoms with Gasteiger partial charge >= 0.3 is 0 Å². The zero-order valence-electron chi connectivity index (χ0n) is 12.3. The van der Waals surface area contributed by atoms with Gasteiger partial charge in [-0.2, -0.15) is 0 Å². The Balaban J connectivity index is 2.14. The average Bonchev–Trinajstić information content (AvgIpc) is 2.55. The van der Waals surface area contributed by atoms with Crippen LogP contribution in [0.25, 0.3) is 16.9 Å². The third-order valence-electron chi connectivity index (χ3n) is 3.44. The van der Waals surface area contributed by atoms with Crippen LogP contribution in [0, 0.1) is 4.77 Å². The number of hydrogen-bond donors (Lipinski definition) is 2. The van der Waals surface area contributed by atoms with Gasteiger partial charge in [0.25, 0.3) is 5.56 Å². The van der Waals surface area contributed by atoms with Crippen LogP contribution in [0.2, 0.25) is 0 Å². The number of hydrogen-bond acceptors (Lipinski definition) is 4. The SMILES string of the molecule is COc1cc(-c2cc(=O)n(-c3ccccc3)c(=S)[nH]2)ccc1O. The molecular weight excluding hydrogens is 312 g/mol. The van der Waals surface area contributed by atoms with Gasteiger partial charge in [0.15, 0.2) is 16.3 Å². The molecule has 0 aliphatic carbocycles. The van der Waals surface area contributed by atoms with Crippen LogP contribution >= 0.6 is 12.2 Å². The second kappa shape index (κ2) is 6.10. The summed E-state index contributed by atoms with van der Waals surface area (Å²) in [5.41, 5.74) is 1.73. The van der Waals surface area contributed by atoms with Crippen LogP contribution in [0.1, 0.15) is 0 Å². The van der Waals surface area contributed by atoms with Gasteiger partial charge in [0.05, 0.1) is 18.5 Å². The van der Waals surface area contributed by atoms with E-state index in [9.17, 15) is 9.90 Å². The van der Waals surface area contributed by atoms with Gasteiger partial charge < -0.3 is 14.8 Å². The van der Waals surface area contributed by atoms with Crippen LogP contribution < -0.4 is 10.3 Å². The van der Waals surface area contributed by atoms with E-state index in [0.29, 0.717) is 27.5 Å². The van der Waals surface area contributed by atoms with E-state index in [1.165, 1.54) is 23.8 Å². The number of nitrogens with one attached hydrogen (secondary N) is 1. The van der Waals surface area contributed by atoms with Gasteiger partial charge in [-0.05, 0) is 42.5 Å². The third kappa shape index (κ3) is 2.89. The fraction of sp³-hybridized carbons (Fsp3) is 0.0588. The molecule has 0 aliphatic rings. The Kier molecular flexibility index (Phi) is 3.99. The monoisotopic (exact) mass is 326 g/mol. The predicted molar refractivity (Wildman–Crippen MR) is 90.9 cm³/mol. The second-order valence-corrected chi connectivity index (χ2v) is 5.27. The van der Waals surface area contributed by atoms with Crippen LogP contribution in [0.15, 0.2) is 59.4 Å². The molecule has 0 saturated heterocycles. The number of nitrogens with zero attached hydrogens (tertiary/aromatic N) is 1. The van der Waals surface area contributed by atoms with Gasteiger partial charge in [-0.3, -0.25) is 9.36 Å². The van der Waals surface area contributed by atoms with Crippen LogP contribution in [-0.2, 0) is 0 Å². The number of H-pyrrole nitrogens is 1. The minimum atomic E-state index is -0.234. The molecule has 116 valence electrons. The van der Waals surface area contributed by atoms with Gasteiger partial charge in [-0.1, -0.05) is 18.2 Å². The standard InChI is InChI=1S/C17H14N2O3S/c1-22-15-9-11(7-8-14(15)20)13-10-16(21)19(17(23)18-13)12-5-3-2-4-6-12/h2-10,20H,1H3,(H,18,23). The first-order valence-electron chi connectivity index (χ1n) is 6.89. The number of phenols is 1. The number of benzene rings is 2. The van der Waals surface area contributed by atoms with Crippen LogP contribution in [0.5, 0.6) is 11.5 Å². The molecule has 1 heterocycles. The largest absolute Gasteiger partial charge is 0.504 e. The van der Waals surface area contributed by atoms with Crippen molar-refractivity contribution < 1.29 is 9.84 Å². The lowest BCUT2D eigenvalue weighted by molar-refractivity contribution is 0.373. The number of phenolic OH excluding ortho intramolecular Hbond substituents is 1. The summed E-state index contributed by atoms with van der Waals surface area (Å²) < 4.78 is 6.81. The molecule has 2 aromatic carbocycles.